The first kappa shape index (κ1) is 28.5. The van der Waals surface area contributed by atoms with Gasteiger partial charge in [0.15, 0.2) is 0 Å². The van der Waals surface area contributed by atoms with E-state index >= 15 is 0 Å². The van der Waals surface area contributed by atoms with Crippen molar-refractivity contribution in [2.45, 2.75) is 65.2 Å². The molecule has 0 bridgehead atoms. The van der Waals surface area contributed by atoms with Crippen molar-refractivity contribution in [2.24, 2.45) is 0 Å². The van der Waals surface area contributed by atoms with E-state index in [4.69, 9.17) is 5.10 Å². The molecule has 4 heteroatoms. The van der Waals surface area contributed by atoms with E-state index in [0.717, 1.165) is 37.1 Å². The van der Waals surface area contributed by atoms with E-state index in [-0.39, 0.29) is 11.8 Å². The van der Waals surface area contributed by atoms with Crippen molar-refractivity contribution in [3.05, 3.63) is 160 Å². The van der Waals surface area contributed by atoms with Crippen LogP contribution in [0.2, 0.25) is 0 Å². The van der Waals surface area contributed by atoms with E-state index in [1.165, 1.54) is 55.9 Å². The molecule has 0 saturated heterocycles. The van der Waals surface area contributed by atoms with Crippen molar-refractivity contribution in [3.63, 3.8) is 0 Å². The molecule has 43 heavy (non-hydrogen) atoms. The Morgan fingerprint density at radius 3 is 1.49 bits per heavy atom. The SMILES string of the molecule is CCc1c[nH]c(C(c2ccccc2)c2n[nH]c(C(c3ccccc3)c3[nH]cc(CC)c3CC)c2-c2ccccc2)c1CC. The molecule has 3 N–H and O–H groups in total. The van der Waals surface area contributed by atoms with Gasteiger partial charge >= 0.3 is 0 Å². The van der Waals surface area contributed by atoms with Gasteiger partial charge in [-0.05, 0) is 64.6 Å². The van der Waals surface area contributed by atoms with Gasteiger partial charge in [-0.2, -0.15) is 5.10 Å². The smallest absolute Gasteiger partial charge is 0.0837 e. The number of hydrogen-bond acceptors (Lipinski definition) is 1. The van der Waals surface area contributed by atoms with Crippen LogP contribution in [0.25, 0.3) is 11.1 Å². The molecule has 4 nitrogen and oxygen atoms in total. The third-order valence-corrected chi connectivity index (χ3v) is 8.99. The monoisotopic (exact) mass is 566 g/mol. The first-order valence-electron chi connectivity index (χ1n) is 15.8. The Hall–Kier alpha value is -4.57. The maximum absolute atomic E-state index is 5.25. The summed E-state index contributed by atoms with van der Waals surface area (Å²) < 4.78 is 0. The zero-order valence-electron chi connectivity index (χ0n) is 25.7. The number of aromatic amines is 3. The third kappa shape index (κ3) is 5.27. The first-order chi connectivity index (χ1) is 21.2. The predicted molar refractivity (Wildman–Crippen MR) is 178 cm³/mol. The van der Waals surface area contributed by atoms with Gasteiger partial charge in [0.2, 0.25) is 0 Å². The number of aryl methyl sites for hydroxylation is 2. The molecule has 0 saturated carbocycles. The van der Waals surface area contributed by atoms with Gasteiger partial charge in [-0.1, -0.05) is 119 Å². The van der Waals surface area contributed by atoms with E-state index in [9.17, 15) is 0 Å². The Morgan fingerprint density at radius 1 is 0.535 bits per heavy atom. The van der Waals surface area contributed by atoms with Crippen molar-refractivity contribution < 1.29 is 0 Å². The highest BCUT2D eigenvalue weighted by Crippen LogP contribution is 2.45. The van der Waals surface area contributed by atoms with Crippen LogP contribution in [0.5, 0.6) is 0 Å². The van der Waals surface area contributed by atoms with Gasteiger partial charge in [-0.25, -0.2) is 0 Å². The van der Waals surface area contributed by atoms with Crippen LogP contribution in [0.1, 0.15) is 95.7 Å². The molecule has 3 aromatic heterocycles. The second-order valence-electron chi connectivity index (χ2n) is 11.3. The molecule has 6 rings (SSSR count). The number of benzene rings is 3. The highest BCUT2D eigenvalue weighted by atomic mass is 15.1. The van der Waals surface area contributed by atoms with Crippen molar-refractivity contribution in [1.82, 2.24) is 20.2 Å². The lowest BCUT2D eigenvalue weighted by Gasteiger charge is -2.22. The quantitative estimate of drug-likeness (QED) is 0.144. The lowest BCUT2D eigenvalue weighted by atomic mass is 9.81. The molecular formula is C39H42N4. The largest absolute Gasteiger partial charge is 0.364 e. The minimum atomic E-state index is -0.0476. The summed E-state index contributed by atoms with van der Waals surface area (Å²) in [6, 6.07) is 32.5. The second kappa shape index (κ2) is 12.7. The zero-order chi connectivity index (χ0) is 29.8. The van der Waals surface area contributed by atoms with Crippen molar-refractivity contribution in [3.8, 4) is 11.1 Å². The summed E-state index contributed by atoms with van der Waals surface area (Å²) in [7, 11) is 0. The Kier molecular flexibility index (Phi) is 8.46. The predicted octanol–water partition coefficient (Wildman–Crippen LogP) is 9.34. The van der Waals surface area contributed by atoms with Crippen LogP contribution in [0, 0.1) is 0 Å². The van der Waals surface area contributed by atoms with E-state index in [0.29, 0.717) is 0 Å². The highest BCUT2D eigenvalue weighted by molar-refractivity contribution is 5.73. The molecule has 0 aliphatic carbocycles. The van der Waals surface area contributed by atoms with Crippen LogP contribution in [0.15, 0.2) is 103 Å². The summed E-state index contributed by atoms with van der Waals surface area (Å²) >= 11 is 0. The summed E-state index contributed by atoms with van der Waals surface area (Å²) in [5.74, 6) is -0.0709. The van der Waals surface area contributed by atoms with E-state index < -0.39 is 0 Å². The average molecular weight is 567 g/mol. The number of nitrogens with zero attached hydrogens (tertiary/aromatic N) is 1. The Bertz CT molecular complexity index is 1650. The fourth-order valence-corrected chi connectivity index (χ4v) is 6.93. The first-order valence-corrected chi connectivity index (χ1v) is 15.8. The Morgan fingerprint density at radius 2 is 1.00 bits per heavy atom. The summed E-state index contributed by atoms with van der Waals surface area (Å²) in [6.45, 7) is 9.00. The standard InChI is InChI=1S/C39H42N4/c1-5-26-24-40-36(31(26)7-3)33(28-18-12-9-13-19-28)38-35(30-22-16-11-17-23-30)39(43-42-38)34(29-20-14-10-15-21-29)37-32(8-4)27(6-2)25-41-37/h9-25,33-34,40-41H,5-8H2,1-4H3,(H,42,43). The average Bonchev–Trinajstić information content (AvgIpc) is 3.80. The fourth-order valence-electron chi connectivity index (χ4n) is 6.93. The molecule has 0 aliphatic rings. The number of aromatic nitrogens is 4. The normalized spacial score (nSPS) is 12.8. The molecule has 3 heterocycles. The summed E-state index contributed by atoms with van der Waals surface area (Å²) in [6.07, 6.45) is 8.35. The minimum Gasteiger partial charge on any atom is -0.364 e. The molecule has 0 radical (unpaired) electrons. The lowest BCUT2D eigenvalue weighted by Crippen LogP contribution is -2.11. The van der Waals surface area contributed by atoms with Gasteiger partial charge in [0.1, 0.15) is 0 Å². The van der Waals surface area contributed by atoms with Crippen LogP contribution in [0.4, 0.5) is 0 Å². The van der Waals surface area contributed by atoms with E-state index in [1.54, 1.807) is 0 Å². The maximum Gasteiger partial charge on any atom is 0.0837 e. The molecule has 218 valence electrons. The molecule has 6 aromatic rings. The molecule has 0 spiro atoms. The second-order valence-corrected chi connectivity index (χ2v) is 11.3. The van der Waals surface area contributed by atoms with Gasteiger partial charge < -0.3 is 9.97 Å². The molecule has 0 amide bonds. The molecule has 2 unspecified atom stereocenters. The summed E-state index contributed by atoms with van der Waals surface area (Å²) in [4.78, 5) is 7.45. The van der Waals surface area contributed by atoms with Crippen molar-refractivity contribution in [1.29, 1.82) is 0 Å². The minimum absolute atomic E-state index is 0.0233. The van der Waals surface area contributed by atoms with Crippen LogP contribution in [-0.2, 0) is 25.7 Å². The maximum atomic E-state index is 5.25. The van der Waals surface area contributed by atoms with Gasteiger partial charge in [-0.15, -0.1) is 0 Å². The van der Waals surface area contributed by atoms with Gasteiger partial charge in [0.05, 0.1) is 23.2 Å². The number of hydrogen-bond donors (Lipinski definition) is 3. The molecule has 3 aromatic carbocycles. The number of H-pyrrole nitrogens is 3. The Balaban J connectivity index is 1.66. The van der Waals surface area contributed by atoms with Gasteiger partial charge in [-0.3, -0.25) is 5.10 Å². The van der Waals surface area contributed by atoms with Crippen LogP contribution < -0.4 is 0 Å². The molecular weight excluding hydrogens is 524 g/mol. The van der Waals surface area contributed by atoms with Crippen LogP contribution in [0.3, 0.4) is 0 Å². The molecule has 2 atom stereocenters. The summed E-state index contributed by atoms with van der Waals surface area (Å²) in [5, 5.41) is 8.89. The number of nitrogens with one attached hydrogen (secondary N) is 3. The fraction of sp³-hybridized carbons (Fsp3) is 0.256. The van der Waals surface area contributed by atoms with E-state index in [1.807, 2.05) is 0 Å². The van der Waals surface area contributed by atoms with Crippen LogP contribution in [-0.4, -0.2) is 20.2 Å². The van der Waals surface area contributed by atoms with E-state index in [2.05, 4.69) is 146 Å². The Labute approximate surface area is 255 Å². The van der Waals surface area contributed by atoms with Crippen molar-refractivity contribution in [2.75, 3.05) is 0 Å². The summed E-state index contributed by atoms with van der Waals surface area (Å²) in [5.41, 5.74) is 15.0. The van der Waals surface area contributed by atoms with Crippen LogP contribution >= 0.6 is 0 Å². The van der Waals surface area contributed by atoms with Gasteiger partial charge in [0.25, 0.3) is 0 Å². The zero-order valence-corrected chi connectivity index (χ0v) is 25.7. The molecule has 0 aliphatic heterocycles. The van der Waals surface area contributed by atoms with Gasteiger partial charge in [0, 0.05) is 29.3 Å². The number of rotatable bonds is 11. The van der Waals surface area contributed by atoms with Crippen molar-refractivity contribution >= 4 is 0 Å². The third-order valence-electron chi connectivity index (χ3n) is 8.99. The highest BCUT2D eigenvalue weighted by Gasteiger charge is 2.33. The molecule has 0 fully saturated rings. The lowest BCUT2D eigenvalue weighted by molar-refractivity contribution is 0.828. The topological polar surface area (TPSA) is 60.3 Å².